The van der Waals surface area contributed by atoms with Crippen LogP contribution in [0.25, 0.3) is 0 Å². The highest BCUT2D eigenvalue weighted by molar-refractivity contribution is 5.92. The molecule has 0 radical (unpaired) electrons. The monoisotopic (exact) mass is 481 g/mol. The smallest absolute Gasteiger partial charge is 0.246 e. The summed E-state index contributed by atoms with van der Waals surface area (Å²) in [5, 5.41) is 22.5. The Kier molecular flexibility index (Phi) is 10.3. The second-order valence-corrected chi connectivity index (χ2v) is 11.9. The molecule has 35 heavy (non-hydrogen) atoms. The first-order chi connectivity index (χ1) is 16.7. The minimum Gasteiger partial charge on any atom is -0.394 e. The fourth-order valence-electron chi connectivity index (χ4n) is 7.01. The molecule has 4 aliphatic rings. The Labute approximate surface area is 213 Å². The zero-order chi connectivity index (χ0) is 25.4. The molecule has 0 saturated heterocycles. The van der Waals surface area contributed by atoms with E-state index in [1.54, 1.807) is 13.8 Å². The van der Waals surface area contributed by atoms with Crippen molar-refractivity contribution in [2.45, 2.75) is 104 Å². The summed E-state index contributed by atoms with van der Waals surface area (Å²) in [5.41, 5.74) is 2.33. The molecule has 3 atom stereocenters. The molecule has 4 fully saturated rings. The molecular weight excluding hydrogens is 434 g/mol. The summed E-state index contributed by atoms with van der Waals surface area (Å²) in [7, 11) is 0. The van der Waals surface area contributed by atoms with E-state index in [-0.39, 0.29) is 24.5 Å². The molecule has 0 spiro atoms. The largest absolute Gasteiger partial charge is 0.394 e. The van der Waals surface area contributed by atoms with E-state index in [2.05, 4.69) is 30.2 Å². The fourth-order valence-corrected chi connectivity index (χ4v) is 7.01. The van der Waals surface area contributed by atoms with Crippen molar-refractivity contribution in [2.24, 2.45) is 29.1 Å². The van der Waals surface area contributed by atoms with Crippen molar-refractivity contribution in [2.75, 3.05) is 6.61 Å². The minimum atomic E-state index is -0.463. The van der Waals surface area contributed by atoms with Gasteiger partial charge in [-0.3, -0.25) is 4.79 Å². The van der Waals surface area contributed by atoms with Gasteiger partial charge in [-0.1, -0.05) is 37.0 Å². The third kappa shape index (κ3) is 8.09. The van der Waals surface area contributed by atoms with Gasteiger partial charge in [0.1, 0.15) is 0 Å². The number of rotatable bonds is 11. The van der Waals surface area contributed by atoms with E-state index in [0.29, 0.717) is 23.8 Å². The first-order valence-corrected chi connectivity index (χ1v) is 13.8. The summed E-state index contributed by atoms with van der Waals surface area (Å²) in [6.45, 7) is 7.57. The summed E-state index contributed by atoms with van der Waals surface area (Å²) < 4.78 is 0. The van der Waals surface area contributed by atoms with Gasteiger partial charge in [0.2, 0.25) is 5.91 Å². The maximum atomic E-state index is 11.9. The summed E-state index contributed by atoms with van der Waals surface area (Å²) in [6.07, 6.45) is 20.1. The van der Waals surface area contributed by atoms with Crippen molar-refractivity contribution in [1.29, 1.82) is 0 Å². The third-order valence-corrected chi connectivity index (χ3v) is 8.59. The van der Waals surface area contributed by atoms with E-state index in [9.17, 15) is 9.90 Å². The van der Waals surface area contributed by atoms with Crippen LogP contribution in [0.15, 0.2) is 35.5 Å². The van der Waals surface area contributed by atoms with Crippen LogP contribution in [-0.4, -0.2) is 34.9 Å². The number of carbonyl (C=O) groups is 1. The molecule has 4 rings (SSSR count). The van der Waals surface area contributed by atoms with E-state index in [4.69, 9.17) is 5.11 Å². The maximum absolute atomic E-state index is 11.9. The van der Waals surface area contributed by atoms with Crippen LogP contribution in [0.1, 0.15) is 91.9 Å². The zero-order valence-electron chi connectivity index (χ0n) is 22.4. The molecule has 194 valence electrons. The molecule has 0 unspecified atom stereocenters. The van der Waals surface area contributed by atoms with Crippen LogP contribution in [0.2, 0.25) is 0 Å². The summed E-state index contributed by atoms with van der Waals surface area (Å²) in [5.74, 6) is 9.04. The SMILES string of the molecule is C/C(=C\CCC#C/C=C/[C@@H](C)[C@@H](O)/C(C)=C/CCC12CC3CC(CC(C3)C1)C2)C(=O)N[C@@H](C)CO. The van der Waals surface area contributed by atoms with E-state index in [1.165, 1.54) is 44.9 Å². The predicted molar refractivity (Wildman–Crippen MR) is 143 cm³/mol. The van der Waals surface area contributed by atoms with Crippen LogP contribution in [-0.2, 0) is 4.79 Å². The Balaban J connectivity index is 1.37. The molecule has 4 heteroatoms. The van der Waals surface area contributed by atoms with Gasteiger partial charge in [0, 0.05) is 24.0 Å². The van der Waals surface area contributed by atoms with Crippen molar-refractivity contribution in [3.63, 3.8) is 0 Å². The lowest BCUT2D eigenvalue weighted by atomic mass is 9.48. The molecular formula is C31H47NO3. The number of hydrogen-bond donors (Lipinski definition) is 3. The average Bonchev–Trinajstić information content (AvgIpc) is 2.81. The first-order valence-electron chi connectivity index (χ1n) is 13.8. The molecule has 0 aliphatic heterocycles. The summed E-state index contributed by atoms with van der Waals surface area (Å²) in [4.78, 5) is 11.9. The Morgan fingerprint density at radius 2 is 1.69 bits per heavy atom. The number of nitrogens with one attached hydrogen (secondary N) is 1. The van der Waals surface area contributed by atoms with Crippen LogP contribution < -0.4 is 5.32 Å². The molecule has 0 heterocycles. The molecule has 4 nitrogen and oxygen atoms in total. The minimum absolute atomic E-state index is 0.0273. The van der Waals surface area contributed by atoms with E-state index in [0.717, 1.165) is 29.7 Å². The highest BCUT2D eigenvalue weighted by Gasteiger charge is 2.50. The molecule has 3 N–H and O–H groups in total. The number of hydrogen-bond acceptors (Lipinski definition) is 3. The quantitative estimate of drug-likeness (QED) is 0.153. The Morgan fingerprint density at radius 3 is 2.29 bits per heavy atom. The van der Waals surface area contributed by atoms with Crippen LogP contribution in [0, 0.1) is 40.9 Å². The number of aliphatic hydroxyl groups excluding tert-OH is 2. The van der Waals surface area contributed by atoms with Crippen LogP contribution >= 0.6 is 0 Å². The van der Waals surface area contributed by atoms with Crippen molar-refractivity contribution in [3.8, 4) is 11.8 Å². The number of carbonyl (C=O) groups excluding carboxylic acids is 1. The number of aliphatic hydroxyl groups is 2. The first kappa shape index (κ1) is 27.8. The van der Waals surface area contributed by atoms with E-state index >= 15 is 0 Å². The van der Waals surface area contributed by atoms with Crippen molar-refractivity contribution < 1.29 is 15.0 Å². The molecule has 1 amide bonds. The molecule has 4 saturated carbocycles. The number of unbranched alkanes of at least 4 members (excludes halogenated alkanes) is 1. The second kappa shape index (κ2) is 12.9. The van der Waals surface area contributed by atoms with Gasteiger partial charge in [-0.25, -0.2) is 0 Å². The maximum Gasteiger partial charge on any atom is 0.246 e. The van der Waals surface area contributed by atoms with Gasteiger partial charge in [-0.05, 0) is 113 Å². The molecule has 0 aromatic carbocycles. The number of amides is 1. The van der Waals surface area contributed by atoms with Crippen LogP contribution in [0.3, 0.4) is 0 Å². The van der Waals surface area contributed by atoms with Crippen LogP contribution in [0.5, 0.6) is 0 Å². The highest BCUT2D eigenvalue weighted by Crippen LogP contribution is 2.61. The molecule has 4 aliphatic carbocycles. The zero-order valence-corrected chi connectivity index (χ0v) is 22.4. The lowest BCUT2D eigenvalue weighted by molar-refractivity contribution is -0.118. The van der Waals surface area contributed by atoms with Gasteiger partial charge in [0.15, 0.2) is 0 Å². The molecule has 4 bridgehead atoms. The van der Waals surface area contributed by atoms with Gasteiger partial charge in [0.25, 0.3) is 0 Å². The standard InChI is InChI=1S/C31H47NO3/c1-22(11-8-6-5-7-9-12-24(3)30(35)32-25(4)21-33)29(34)23(2)13-10-14-31-18-26-15-27(19-31)17-28(16-26)20-31/h8,11-13,22,25-29,33-34H,7,9-10,14-21H2,1-4H3,(H,32,35)/b11-8+,23-13+,24-12+/t22-,25+,26?,27?,28?,29-,31?/m1/s1. The van der Waals surface area contributed by atoms with Crippen molar-refractivity contribution >= 4 is 5.91 Å². The van der Waals surface area contributed by atoms with Crippen molar-refractivity contribution in [1.82, 2.24) is 5.32 Å². The van der Waals surface area contributed by atoms with E-state index < -0.39 is 6.10 Å². The topological polar surface area (TPSA) is 69.6 Å². The van der Waals surface area contributed by atoms with Crippen LogP contribution in [0.4, 0.5) is 0 Å². The average molecular weight is 482 g/mol. The lowest BCUT2D eigenvalue weighted by Crippen LogP contribution is -2.45. The Hall–Kier alpha value is -1.83. The predicted octanol–water partition coefficient (Wildman–Crippen LogP) is 5.71. The van der Waals surface area contributed by atoms with Gasteiger partial charge in [-0.15, -0.1) is 0 Å². The number of allylic oxidation sites excluding steroid dienone is 3. The van der Waals surface area contributed by atoms with Gasteiger partial charge in [-0.2, -0.15) is 0 Å². The van der Waals surface area contributed by atoms with Gasteiger partial charge < -0.3 is 15.5 Å². The Morgan fingerprint density at radius 1 is 1.06 bits per heavy atom. The third-order valence-electron chi connectivity index (χ3n) is 8.59. The molecule has 0 aromatic heterocycles. The summed E-state index contributed by atoms with van der Waals surface area (Å²) in [6, 6.07) is -0.242. The highest BCUT2D eigenvalue weighted by atomic mass is 16.3. The fraction of sp³-hybridized carbons (Fsp3) is 0.710. The lowest BCUT2D eigenvalue weighted by Gasteiger charge is -2.57. The summed E-state index contributed by atoms with van der Waals surface area (Å²) >= 11 is 0. The van der Waals surface area contributed by atoms with Gasteiger partial charge in [0.05, 0.1) is 12.7 Å². The normalized spacial score (nSPS) is 30.6. The van der Waals surface area contributed by atoms with E-state index in [1.807, 2.05) is 25.2 Å². The van der Waals surface area contributed by atoms with Crippen molar-refractivity contribution in [3.05, 3.63) is 35.5 Å². The molecule has 0 aromatic rings. The van der Waals surface area contributed by atoms with Gasteiger partial charge >= 0.3 is 0 Å². The Bertz CT molecular complexity index is 836. The second-order valence-electron chi connectivity index (χ2n) is 11.9.